The second-order valence-corrected chi connectivity index (χ2v) is 6.24. The van der Waals surface area contributed by atoms with Crippen LogP contribution in [0.2, 0.25) is 0 Å². The van der Waals surface area contributed by atoms with E-state index >= 15 is 0 Å². The monoisotopic (exact) mass is 338 g/mol. The smallest absolute Gasteiger partial charge is 0.254 e. The first-order valence-corrected chi connectivity index (χ1v) is 9.01. The molecule has 1 aromatic heterocycles. The molecule has 0 unspecified atom stereocenters. The summed E-state index contributed by atoms with van der Waals surface area (Å²) in [6.45, 7) is 8.08. The van der Waals surface area contributed by atoms with Gasteiger partial charge >= 0.3 is 0 Å². The number of piperazine rings is 1. The molecular formula is C20H26N4O. The number of rotatable bonds is 5. The summed E-state index contributed by atoms with van der Waals surface area (Å²) in [7, 11) is 0. The summed E-state index contributed by atoms with van der Waals surface area (Å²) in [6.07, 6.45) is 1.74. The first-order chi connectivity index (χ1) is 12.2. The number of hydrogen-bond acceptors (Lipinski definition) is 4. The average Bonchev–Trinajstić information content (AvgIpc) is 2.70. The van der Waals surface area contributed by atoms with Crippen LogP contribution in [-0.2, 0) is 0 Å². The Hall–Kier alpha value is -2.40. The third-order valence-electron chi connectivity index (χ3n) is 4.74. The van der Waals surface area contributed by atoms with E-state index < -0.39 is 0 Å². The van der Waals surface area contributed by atoms with E-state index in [9.17, 15) is 4.79 Å². The number of nitrogens with one attached hydrogen (secondary N) is 1. The van der Waals surface area contributed by atoms with Crippen LogP contribution >= 0.6 is 0 Å². The standard InChI is InChI=1S/C20H26N4O/c1-3-23(4-2)20(25)17-10-11-22-19(14-17)24-13-12-21-18(15-24)16-8-6-5-7-9-16/h5-11,14,18,21H,3-4,12-13,15H2,1-2H3/t18-/m0/s1. The molecule has 3 rings (SSSR count). The molecule has 132 valence electrons. The number of aromatic nitrogens is 1. The van der Waals surface area contributed by atoms with E-state index in [2.05, 4.69) is 39.5 Å². The van der Waals surface area contributed by atoms with Crippen LogP contribution in [0.1, 0.15) is 35.8 Å². The minimum Gasteiger partial charge on any atom is -0.353 e. The van der Waals surface area contributed by atoms with E-state index in [1.165, 1.54) is 5.56 Å². The molecule has 2 aromatic rings. The molecule has 1 N–H and O–H groups in total. The summed E-state index contributed by atoms with van der Waals surface area (Å²) in [4.78, 5) is 21.2. The van der Waals surface area contributed by atoms with E-state index in [4.69, 9.17) is 0 Å². The zero-order valence-electron chi connectivity index (χ0n) is 15.0. The number of hydrogen-bond donors (Lipinski definition) is 1. The lowest BCUT2D eigenvalue weighted by Crippen LogP contribution is -2.46. The quantitative estimate of drug-likeness (QED) is 0.911. The normalized spacial score (nSPS) is 17.4. The van der Waals surface area contributed by atoms with Crippen LogP contribution in [0.5, 0.6) is 0 Å². The van der Waals surface area contributed by atoms with Crippen molar-refractivity contribution in [3.8, 4) is 0 Å². The second kappa shape index (κ2) is 8.12. The SMILES string of the molecule is CCN(CC)C(=O)c1ccnc(N2CCN[C@H](c3ccccc3)C2)c1. The van der Waals surface area contributed by atoms with Gasteiger partial charge in [0.2, 0.25) is 0 Å². The van der Waals surface area contributed by atoms with Crippen molar-refractivity contribution in [3.05, 3.63) is 59.8 Å². The lowest BCUT2D eigenvalue weighted by molar-refractivity contribution is 0.0773. The van der Waals surface area contributed by atoms with Gasteiger partial charge in [-0.05, 0) is 31.5 Å². The summed E-state index contributed by atoms with van der Waals surface area (Å²) in [6, 6.07) is 14.5. The van der Waals surface area contributed by atoms with Crippen molar-refractivity contribution < 1.29 is 4.79 Å². The molecule has 2 heterocycles. The number of anilines is 1. The Balaban J connectivity index is 1.77. The maximum absolute atomic E-state index is 12.6. The molecule has 1 saturated heterocycles. The fourth-order valence-corrected chi connectivity index (χ4v) is 3.28. The highest BCUT2D eigenvalue weighted by molar-refractivity contribution is 5.94. The molecule has 0 radical (unpaired) electrons. The second-order valence-electron chi connectivity index (χ2n) is 6.24. The van der Waals surface area contributed by atoms with Gasteiger partial charge in [0, 0.05) is 50.5 Å². The van der Waals surface area contributed by atoms with E-state index in [0.717, 1.165) is 38.5 Å². The van der Waals surface area contributed by atoms with Gasteiger partial charge in [-0.3, -0.25) is 4.79 Å². The van der Waals surface area contributed by atoms with Crippen LogP contribution in [-0.4, -0.2) is 48.5 Å². The highest BCUT2D eigenvalue weighted by Gasteiger charge is 2.22. The number of carbonyl (C=O) groups is 1. The predicted molar refractivity (Wildman–Crippen MR) is 101 cm³/mol. The zero-order chi connectivity index (χ0) is 17.6. The largest absolute Gasteiger partial charge is 0.353 e. The molecule has 1 aliphatic rings. The van der Waals surface area contributed by atoms with Crippen molar-refractivity contribution in [2.24, 2.45) is 0 Å². The zero-order valence-corrected chi connectivity index (χ0v) is 15.0. The third kappa shape index (κ3) is 3.99. The maximum Gasteiger partial charge on any atom is 0.254 e. The molecule has 5 nitrogen and oxygen atoms in total. The van der Waals surface area contributed by atoms with Gasteiger partial charge in [-0.15, -0.1) is 0 Å². The molecule has 1 atom stereocenters. The Kier molecular flexibility index (Phi) is 5.66. The van der Waals surface area contributed by atoms with E-state index in [1.54, 1.807) is 12.3 Å². The van der Waals surface area contributed by atoms with Crippen molar-refractivity contribution >= 4 is 11.7 Å². The van der Waals surface area contributed by atoms with Gasteiger partial charge in [-0.25, -0.2) is 4.98 Å². The van der Waals surface area contributed by atoms with Gasteiger partial charge in [0.05, 0.1) is 0 Å². The molecule has 1 amide bonds. The molecule has 1 fully saturated rings. The molecule has 0 saturated carbocycles. The lowest BCUT2D eigenvalue weighted by Gasteiger charge is -2.35. The number of nitrogens with zero attached hydrogens (tertiary/aromatic N) is 3. The van der Waals surface area contributed by atoms with E-state index in [0.29, 0.717) is 5.56 Å². The molecule has 1 aliphatic heterocycles. The Morgan fingerprint density at radius 2 is 2.00 bits per heavy atom. The topological polar surface area (TPSA) is 48.5 Å². The number of pyridine rings is 1. The number of carbonyl (C=O) groups excluding carboxylic acids is 1. The molecule has 5 heteroatoms. The summed E-state index contributed by atoms with van der Waals surface area (Å²) in [5, 5.41) is 3.56. The van der Waals surface area contributed by atoms with Gasteiger partial charge in [-0.2, -0.15) is 0 Å². The van der Waals surface area contributed by atoms with Crippen molar-refractivity contribution in [3.63, 3.8) is 0 Å². The Labute approximate surface area is 149 Å². The minimum atomic E-state index is 0.0726. The van der Waals surface area contributed by atoms with Crippen LogP contribution in [0.3, 0.4) is 0 Å². The van der Waals surface area contributed by atoms with Crippen LogP contribution in [0.25, 0.3) is 0 Å². The van der Waals surface area contributed by atoms with E-state index in [-0.39, 0.29) is 11.9 Å². The van der Waals surface area contributed by atoms with Gasteiger partial charge in [0.25, 0.3) is 5.91 Å². The molecule has 0 aliphatic carbocycles. The van der Waals surface area contributed by atoms with Crippen LogP contribution in [0, 0.1) is 0 Å². The molecular weight excluding hydrogens is 312 g/mol. The first-order valence-electron chi connectivity index (χ1n) is 9.01. The van der Waals surface area contributed by atoms with Gasteiger partial charge in [-0.1, -0.05) is 30.3 Å². The third-order valence-corrected chi connectivity index (χ3v) is 4.74. The summed E-state index contributed by atoms with van der Waals surface area (Å²) in [5.74, 6) is 0.948. The summed E-state index contributed by atoms with van der Waals surface area (Å²) < 4.78 is 0. The van der Waals surface area contributed by atoms with Crippen LogP contribution in [0.15, 0.2) is 48.7 Å². The Morgan fingerprint density at radius 1 is 1.24 bits per heavy atom. The predicted octanol–water partition coefficient (Wildman–Crippen LogP) is 2.71. The van der Waals surface area contributed by atoms with Crippen LogP contribution in [0.4, 0.5) is 5.82 Å². The minimum absolute atomic E-state index is 0.0726. The average molecular weight is 338 g/mol. The van der Waals surface area contributed by atoms with Gasteiger partial charge < -0.3 is 15.1 Å². The van der Waals surface area contributed by atoms with Crippen LogP contribution < -0.4 is 10.2 Å². The Bertz CT molecular complexity index is 700. The number of amides is 1. The fraction of sp³-hybridized carbons (Fsp3) is 0.400. The van der Waals surface area contributed by atoms with E-state index in [1.807, 2.05) is 30.9 Å². The lowest BCUT2D eigenvalue weighted by atomic mass is 10.0. The molecule has 1 aromatic carbocycles. The first kappa shape index (κ1) is 17.4. The molecule has 0 spiro atoms. The molecule has 0 bridgehead atoms. The van der Waals surface area contributed by atoms with Crippen molar-refractivity contribution in [2.45, 2.75) is 19.9 Å². The highest BCUT2D eigenvalue weighted by Crippen LogP contribution is 2.22. The van der Waals surface area contributed by atoms with Gasteiger partial charge in [0.1, 0.15) is 5.82 Å². The summed E-state index contributed by atoms with van der Waals surface area (Å²) >= 11 is 0. The van der Waals surface area contributed by atoms with Crippen molar-refractivity contribution in [2.75, 3.05) is 37.6 Å². The van der Waals surface area contributed by atoms with Crippen molar-refractivity contribution in [1.82, 2.24) is 15.2 Å². The van der Waals surface area contributed by atoms with Gasteiger partial charge in [0.15, 0.2) is 0 Å². The fourth-order valence-electron chi connectivity index (χ4n) is 3.28. The summed E-state index contributed by atoms with van der Waals surface area (Å²) in [5.41, 5.74) is 1.99. The highest BCUT2D eigenvalue weighted by atomic mass is 16.2. The molecule has 25 heavy (non-hydrogen) atoms. The van der Waals surface area contributed by atoms with Crippen molar-refractivity contribution in [1.29, 1.82) is 0 Å². The maximum atomic E-state index is 12.6. The number of benzene rings is 1. The Morgan fingerprint density at radius 3 is 2.72 bits per heavy atom.